The van der Waals surface area contributed by atoms with E-state index in [1.807, 2.05) is 13.0 Å². The van der Waals surface area contributed by atoms with Gasteiger partial charge in [-0.15, -0.1) is 0 Å². The normalized spacial score (nSPS) is 30.7. The Morgan fingerprint density at radius 2 is 1.89 bits per heavy atom. The predicted octanol–water partition coefficient (Wildman–Crippen LogP) is 3.31. The van der Waals surface area contributed by atoms with Gasteiger partial charge in [0.05, 0.1) is 11.1 Å². The summed E-state index contributed by atoms with van der Waals surface area (Å²) in [6.07, 6.45) is 3.57. The van der Waals surface area contributed by atoms with Crippen LogP contribution in [0, 0.1) is 23.7 Å². The third-order valence-corrected chi connectivity index (χ3v) is 7.82. The third kappa shape index (κ3) is 2.54. The molecule has 2 bridgehead atoms. The van der Waals surface area contributed by atoms with Crippen molar-refractivity contribution >= 4 is 17.7 Å². The zero-order valence-corrected chi connectivity index (χ0v) is 16.6. The van der Waals surface area contributed by atoms with Gasteiger partial charge in [-0.25, -0.2) is 0 Å². The van der Waals surface area contributed by atoms with Gasteiger partial charge in [0.1, 0.15) is 0 Å². The Labute approximate surface area is 160 Å². The Kier molecular flexibility index (Phi) is 3.99. The van der Waals surface area contributed by atoms with Crippen molar-refractivity contribution in [2.75, 3.05) is 6.54 Å². The van der Waals surface area contributed by atoms with Crippen LogP contribution in [0.1, 0.15) is 72.7 Å². The second-order valence-electron chi connectivity index (χ2n) is 9.29. The van der Waals surface area contributed by atoms with E-state index in [1.165, 1.54) is 11.3 Å². The molecule has 27 heavy (non-hydrogen) atoms. The number of hydrogen-bond acceptors (Lipinski definition) is 3. The molecule has 2 fully saturated rings. The first-order valence-electron chi connectivity index (χ1n) is 9.91. The van der Waals surface area contributed by atoms with Crippen molar-refractivity contribution in [3.63, 3.8) is 0 Å². The van der Waals surface area contributed by atoms with Gasteiger partial charge >= 0.3 is 0 Å². The van der Waals surface area contributed by atoms with Crippen molar-refractivity contribution < 1.29 is 14.4 Å². The number of nitrogens with one attached hydrogen (secondary N) is 1. The number of fused-ring (bicyclic) bond motifs is 3. The number of benzene rings is 1. The average molecular weight is 368 g/mol. The van der Waals surface area contributed by atoms with Gasteiger partial charge < -0.3 is 5.32 Å². The van der Waals surface area contributed by atoms with E-state index in [4.69, 9.17) is 0 Å². The second-order valence-corrected chi connectivity index (χ2v) is 9.29. The summed E-state index contributed by atoms with van der Waals surface area (Å²) in [6, 6.07) is 5.46. The molecule has 1 N–H and O–H groups in total. The minimum atomic E-state index is -0.296. The van der Waals surface area contributed by atoms with Gasteiger partial charge in [-0.2, -0.15) is 0 Å². The van der Waals surface area contributed by atoms with Crippen LogP contribution in [0.5, 0.6) is 0 Å². The molecule has 2 saturated carbocycles. The van der Waals surface area contributed by atoms with Crippen molar-refractivity contribution in [1.82, 2.24) is 10.2 Å². The van der Waals surface area contributed by atoms with E-state index in [2.05, 4.69) is 26.1 Å². The fraction of sp³-hybridized carbons (Fsp3) is 0.591. The van der Waals surface area contributed by atoms with Crippen LogP contribution < -0.4 is 5.32 Å². The molecule has 0 radical (unpaired) electrons. The van der Waals surface area contributed by atoms with Crippen LogP contribution in [0.2, 0.25) is 0 Å². The molecule has 1 aliphatic heterocycles. The maximum absolute atomic E-state index is 12.6. The maximum atomic E-state index is 12.6. The standard InChI is InChI=1S/C22H28N2O3/c1-13-5-6-15-16(11-13)20(27)24(19(15)26)10-8-18(25)23-17-12-14-7-9-22(17,4)21(14,2)3/h5-6,11,14,17H,7-10,12H2,1-4H3,(H,23,25). The lowest BCUT2D eigenvalue weighted by molar-refractivity contribution is -0.122. The average Bonchev–Trinajstić information content (AvgIpc) is 3.05. The summed E-state index contributed by atoms with van der Waals surface area (Å²) >= 11 is 0. The molecule has 1 aromatic carbocycles. The monoisotopic (exact) mass is 368 g/mol. The lowest BCUT2D eigenvalue weighted by Gasteiger charge is -2.39. The Morgan fingerprint density at radius 1 is 1.19 bits per heavy atom. The molecule has 144 valence electrons. The number of rotatable bonds is 4. The highest BCUT2D eigenvalue weighted by atomic mass is 16.2. The molecule has 5 heteroatoms. The highest BCUT2D eigenvalue weighted by molar-refractivity contribution is 6.21. The van der Waals surface area contributed by atoms with Crippen molar-refractivity contribution in [3.8, 4) is 0 Å². The highest BCUT2D eigenvalue weighted by Crippen LogP contribution is 2.65. The highest BCUT2D eigenvalue weighted by Gasteiger charge is 2.61. The molecule has 3 unspecified atom stereocenters. The molecule has 2 aliphatic carbocycles. The van der Waals surface area contributed by atoms with E-state index >= 15 is 0 Å². The smallest absolute Gasteiger partial charge is 0.261 e. The van der Waals surface area contributed by atoms with E-state index < -0.39 is 0 Å². The van der Waals surface area contributed by atoms with Gasteiger partial charge in [-0.1, -0.05) is 32.4 Å². The van der Waals surface area contributed by atoms with Crippen molar-refractivity contribution in [3.05, 3.63) is 34.9 Å². The molecule has 3 aliphatic rings. The zero-order chi connectivity index (χ0) is 19.6. The molecule has 3 amide bonds. The first kappa shape index (κ1) is 18.2. The van der Waals surface area contributed by atoms with Gasteiger partial charge in [0, 0.05) is 19.0 Å². The topological polar surface area (TPSA) is 66.5 Å². The lowest BCUT2D eigenvalue weighted by atomic mass is 9.69. The van der Waals surface area contributed by atoms with Gasteiger partial charge in [0.25, 0.3) is 11.8 Å². The molecule has 3 atom stereocenters. The van der Waals surface area contributed by atoms with Crippen LogP contribution in [0.3, 0.4) is 0 Å². The minimum Gasteiger partial charge on any atom is -0.353 e. The molecular weight excluding hydrogens is 340 g/mol. The zero-order valence-electron chi connectivity index (χ0n) is 16.6. The Bertz CT molecular complexity index is 844. The van der Waals surface area contributed by atoms with Crippen molar-refractivity contribution in [2.24, 2.45) is 16.7 Å². The molecule has 1 aromatic rings. The van der Waals surface area contributed by atoms with Gasteiger partial charge in [-0.3, -0.25) is 19.3 Å². The molecule has 0 saturated heterocycles. The van der Waals surface area contributed by atoms with E-state index in [0.29, 0.717) is 17.0 Å². The van der Waals surface area contributed by atoms with Crippen LogP contribution >= 0.6 is 0 Å². The number of carbonyl (C=O) groups excluding carboxylic acids is 3. The Balaban J connectivity index is 1.38. The molecule has 0 spiro atoms. The quantitative estimate of drug-likeness (QED) is 0.829. The van der Waals surface area contributed by atoms with Crippen LogP contribution in [-0.2, 0) is 4.79 Å². The number of carbonyl (C=O) groups is 3. The fourth-order valence-electron chi connectivity index (χ4n) is 5.51. The first-order valence-corrected chi connectivity index (χ1v) is 9.91. The summed E-state index contributed by atoms with van der Waals surface area (Å²) in [7, 11) is 0. The van der Waals surface area contributed by atoms with E-state index in [-0.39, 0.29) is 47.6 Å². The second kappa shape index (κ2) is 5.91. The third-order valence-electron chi connectivity index (χ3n) is 7.82. The Hall–Kier alpha value is -2.17. The fourth-order valence-corrected chi connectivity index (χ4v) is 5.51. The lowest BCUT2D eigenvalue weighted by Crippen LogP contribution is -2.47. The maximum Gasteiger partial charge on any atom is 0.261 e. The number of hydrogen-bond donors (Lipinski definition) is 1. The molecule has 1 heterocycles. The largest absolute Gasteiger partial charge is 0.353 e. The summed E-state index contributed by atoms with van der Waals surface area (Å²) in [6.45, 7) is 8.95. The number of amides is 3. The van der Waals surface area contributed by atoms with E-state index in [9.17, 15) is 14.4 Å². The van der Waals surface area contributed by atoms with Crippen LogP contribution in [0.25, 0.3) is 0 Å². The number of aryl methyl sites for hydroxylation is 1. The van der Waals surface area contributed by atoms with Crippen LogP contribution in [0.4, 0.5) is 0 Å². The van der Waals surface area contributed by atoms with Gasteiger partial charge in [0.2, 0.25) is 5.91 Å². The molecule has 5 nitrogen and oxygen atoms in total. The summed E-state index contributed by atoms with van der Waals surface area (Å²) in [5.74, 6) is -0.0000694. The molecular formula is C22H28N2O3. The Morgan fingerprint density at radius 3 is 2.52 bits per heavy atom. The van der Waals surface area contributed by atoms with Crippen LogP contribution in [0.15, 0.2) is 18.2 Å². The molecule has 0 aromatic heterocycles. The summed E-state index contributed by atoms with van der Waals surface area (Å²) in [5, 5.41) is 3.20. The van der Waals surface area contributed by atoms with Crippen molar-refractivity contribution in [1.29, 1.82) is 0 Å². The van der Waals surface area contributed by atoms with E-state index in [0.717, 1.165) is 18.4 Å². The predicted molar refractivity (Wildman–Crippen MR) is 102 cm³/mol. The summed E-state index contributed by atoms with van der Waals surface area (Å²) in [5.41, 5.74) is 2.20. The minimum absolute atomic E-state index is 0.0719. The van der Waals surface area contributed by atoms with Gasteiger partial charge in [0.15, 0.2) is 0 Å². The molecule has 4 rings (SSSR count). The SMILES string of the molecule is Cc1ccc2c(c1)C(=O)N(CCC(=O)NC1CC3CCC1(C)C3(C)C)C2=O. The number of imide groups is 1. The van der Waals surface area contributed by atoms with Crippen molar-refractivity contribution in [2.45, 2.75) is 59.4 Å². The summed E-state index contributed by atoms with van der Waals surface area (Å²) < 4.78 is 0. The first-order chi connectivity index (χ1) is 12.6. The van der Waals surface area contributed by atoms with Gasteiger partial charge in [-0.05, 0) is 55.1 Å². The number of nitrogens with zero attached hydrogens (tertiary/aromatic N) is 1. The summed E-state index contributed by atoms with van der Waals surface area (Å²) in [4.78, 5) is 38.8. The van der Waals surface area contributed by atoms with E-state index in [1.54, 1.807) is 12.1 Å². The van der Waals surface area contributed by atoms with Crippen LogP contribution in [-0.4, -0.2) is 35.2 Å².